The Labute approximate surface area is 122 Å². The van der Waals surface area contributed by atoms with E-state index in [0.717, 1.165) is 5.39 Å². The number of alkyl halides is 1. The normalized spacial score (nSPS) is 12.4. The molecule has 0 radical (unpaired) electrons. The standard InChI is InChI=1S/C15H14FO4P/c1-2-7-20-15(17)12-6-4-10-3-5-11(8-13(10)9-12)14(16)21(18)19/h2-6,8-9,14,18-19H,1,7H2. The van der Waals surface area contributed by atoms with Crippen LogP contribution in [-0.2, 0) is 4.74 Å². The minimum Gasteiger partial charge on any atom is -0.458 e. The monoisotopic (exact) mass is 308 g/mol. The summed E-state index contributed by atoms with van der Waals surface area (Å²) < 4.78 is 18.6. The predicted molar refractivity (Wildman–Crippen MR) is 79.6 cm³/mol. The summed E-state index contributed by atoms with van der Waals surface area (Å²) in [6.07, 6.45) is 1.47. The SMILES string of the molecule is C=CCOC(=O)c1ccc2ccc(C(F)P(O)O)cc2c1. The molecule has 4 nitrogen and oxygen atoms in total. The number of halogens is 1. The molecule has 2 aromatic carbocycles. The van der Waals surface area contributed by atoms with Crippen LogP contribution in [0.25, 0.3) is 10.8 Å². The summed E-state index contributed by atoms with van der Waals surface area (Å²) >= 11 is 0. The first-order valence-electron chi connectivity index (χ1n) is 6.15. The summed E-state index contributed by atoms with van der Waals surface area (Å²) in [6.45, 7) is 3.57. The van der Waals surface area contributed by atoms with Crippen LogP contribution >= 0.6 is 8.38 Å². The van der Waals surface area contributed by atoms with Crippen molar-refractivity contribution < 1.29 is 23.7 Å². The van der Waals surface area contributed by atoms with E-state index < -0.39 is 20.3 Å². The first kappa shape index (κ1) is 15.6. The van der Waals surface area contributed by atoms with E-state index >= 15 is 0 Å². The third-order valence-corrected chi connectivity index (χ3v) is 3.61. The second-order valence-corrected chi connectivity index (χ2v) is 5.46. The van der Waals surface area contributed by atoms with E-state index in [2.05, 4.69) is 6.58 Å². The molecule has 21 heavy (non-hydrogen) atoms. The smallest absolute Gasteiger partial charge is 0.338 e. The molecular weight excluding hydrogens is 294 g/mol. The fourth-order valence-corrected chi connectivity index (χ4v) is 2.32. The van der Waals surface area contributed by atoms with Crippen LogP contribution in [0.3, 0.4) is 0 Å². The summed E-state index contributed by atoms with van der Waals surface area (Å²) in [7, 11) is -2.69. The van der Waals surface area contributed by atoms with Gasteiger partial charge in [0, 0.05) is 0 Å². The topological polar surface area (TPSA) is 66.8 Å². The quantitative estimate of drug-likeness (QED) is 0.504. The highest BCUT2D eigenvalue weighted by Gasteiger charge is 2.19. The molecule has 2 N–H and O–H groups in total. The highest BCUT2D eigenvalue weighted by molar-refractivity contribution is 7.45. The van der Waals surface area contributed by atoms with Crippen molar-refractivity contribution >= 4 is 25.1 Å². The zero-order valence-electron chi connectivity index (χ0n) is 11.1. The van der Waals surface area contributed by atoms with Crippen LogP contribution < -0.4 is 0 Å². The molecule has 1 atom stereocenters. The second-order valence-electron chi connectivity index (χ2n) is 4.36. The number of ether oxygens (including phenoxy) is 1. The first-order chi connectivity index (χ1) is 10.0. The van der Waals surface area contributed by atoms with E-state index in [4.69, 9.17) is 14.5 Å². The Bertz CT molecular complexity index is 672. The Morgan fingerprint density at radius 2 is 2.00 bits per heavy atom. The molecule has 0 bridgehead atoms. The fourth-order valence-electron chi connectivity index (χ4n) is 1.89. The highest BCUT2D eigenvalue weighted by Crippen LogP contribution is 2.45. The van der Waals surface area contributed by atoms with E-state index in [1.54, 1.807) is 24.3 Å². The maximum Gasteiger partial charge on any atom is 0.338 e. The predicted octanol–water partition coefficient (Wildman–Crippen LogP) is 3.45. The van der Waals surface area contributed by atoms with Crippen molar-refractivity contribution in [3.05, 3.63) is 60.2 Å². The number of carbonyl (C=O) groups excluding carboxylic acids is 1. The molecule has 0 heterocycles. The Morgan fingerprint density at radius 1 is 1.29 bits per heavy atom. The van der Waals surface area contributed by atoms with Gasteiger partial charge in [-0.3, -0.25) is 0 Å². The van der Waals surface area contributed by atoms with Crippen molar-refractivity contribution in [2.45, 2.75) is 5.91 Å². The number of hydrogen-bond donors (Lipinski definition) is 2. The van der Waals surface area contributed by atoms with Gasteiger partial charge in [0.2, 0.25) is 8.38 Å². The van der Waals surface area contributed by atoms with Gasteiger partial charge in [0.15, 0.2) is 5.91 Å². The van der Waals surface area contributed by atoms with Crippen LogP contribution in [0, 0.1) is 0 Å². The van der Waals surface area contributed by atoms with Crippen molar-refractivity contribution in [1.82, 2.24) is 0 Å². The van der Waals surface area contributed by atoms with Crippen LogP contribution in [0.15, 0.2) is 49.1 Å². The zero-order valence-corrected chi connectivity index (χ0v) is 12.0. The lowest BCUT2D eigenvalue weighted by Crippen LogP contribution is -2.04. The largest absolute Gasteiger partial charge is 0.458 e. The third-order valence-electron chi connectivity index (χ3n) is 2.91. The second kappa shape index (κ2) is 6.76. The fraction of sp³-hybridized carbons (Fsp3) is 0.133. The van der Waals surface area contributed by atoms with Crippen molar-refractivity contribution in [3.8, 4) is 0 Å². The van der Waals surface area contributed by atoms with E-state index in [1.165, 1.54) is 18.2 Å². The van der Waals surface area contributed by atoms with Gasteiger partial charge in [0.05, 0.1) is 5.56 Å². The maximum atomic E-state index is 13.6. The summed E-state index contributed by atoms with van der Waals surface area (Å²) in [4.78, 5) is 29.6. The van der Waals surface area contributed by atoms with Gasteiger partial charge in [-0.15, -0.1) is 0 Å². The molecule has 1 unspecified atom stereocenters. The summed E-state index contributed by atoms with van der Waals surface area (Å²) in [6, 6.07) is 9.56. The summed E-state index contributed by atoms with van der Waals surface area (Å²) in [5, 5.41) is 1.44. The summed E-state index contributed by atoms with van der Waals surface area (Å²) in [5.74, 6) is -2.33. The molecule has 2 rings (SSSR count). The number of fused-ring (bicyclic) bond motifs is 1. The zero-order chi connectivity index (χ0) is 15.4. The highest BCUT2D eigenvalue weighted by atomic mass is 31.2. The minimum atomic E-state index is -2.69. The van der Waals surface area contributed by atoms with Gasteiger partial charge in [0.25, 0.3) is 0 Å². The van der Waals surface area contributed by atoms with Gasteiger partial charge >= 0.3 is 5.97 Å². The molecule has 0 aromatic heterocycles. The number of esters is 1. The number of carbonyl (C=O) groups is 1. The molecule has 0 saturated carbocycles. The van der Waals surface area contributed by atoms with Crippen LogP contribution in [0.2, 0.25) is 0 Å². The Kier molecular flexibility index (Phi) is 5.02. The van der Waals surface area contributed by atoms with Crippen LogP contribution in [0.1, 0.15) is 21.8 Å². The molecule has 110 valence electrons. The maximum absolute atomic E-state index is 13.6. The first-order valence-corrected chi connectivity index (χ1v) is 7.47. The summed E-state index contributed by atoms with van der Waals surface area (Å²) in [5.41, 5.74) is 0.502. The van der Waals surface area contributed by atoms with Gasteiger partial charge in [-0.2, -0.15) is 0 Å². The van der Waals surface area contributed by atoms with E-state index in [1.807, 2.05) is 0 Å². The van der Waals surface area contributed by atoms with E-state index in [9.17, 15) is 9.18 Å². The molecule has 0 spiro atoms. The van der Waals surface area contributed by atoms with Gasteiger partial charge in [-0.25, -0.2) is 9.18 Å². The Balaban J connectivity index is 2.36. The average molecular weight is 308 g/mol. The van der Waals surface area contributed by atoms with Crippen molar-refractivity contribution in [1.29, 1.82) is 0 Å². The third kappa shape index (κ3) is 3.64. The number of rotatable bonds is 5. The lowest BCUT2D eigenvalue weighted by atomic mass is 10.0. The van der Waals surface area contributed by atoms with E-state index in [0.29, 0.717) is 10.9 Å². The van der Waals surface area contributed by atoms with Crippen molar-refractivity contribution in [2.24, 2.45) is 0 Å². The van der Waals surface area contributed by atoms with Gasteiger partial charge in [-0.1, -0.05) is 30.9 Å². The average Bonchev–Trinajstić information content (AvgIpc) is 2.50. The van der Waals surface area contributed by atoms with Gasteiger partial charge < -0.3 is 14.5 Å². The van der Waals surface area contributed by atoms with Gasteiger partial charge in [0.1, 0.15) is 6.61 Å². The molecule has 6 heteroatoms. The minimum absolute atomic E-state index is 0.114. The van der Waals surface area contributed by atoms with Crippen LogP contribution in [0.4, 0.5) is 4.39 Å². The Morgan fingerprint density at radius 3 is 2.67 bits per heavy atom. The lowest BCUT2D eigenvalue weighted by molar-refractivity contribution is 0.0550. The molecular formula is C15H14FO4P. The van der Waals surface area contributed by atoms with Crippen LogP contribution in [0.5, 0.6) is 0 Å². The molecule has 0 aliphatic heterocycles. The number of benzene rings is 2. The Hall–Kier alpha value is -1.81. The van der Waals surface area contributed by atoms with E-state index in [-0.39, 0.29) is 12.2 Å². The molecule has 0 aliphatic carbocycles. The molecule has 0 fully saturated rings. The van der Waals surface area contributed by atoms with Crippen molar-refractivity contribution in [2.75, 3.05) is 6.61 Å². The molecule has 0 saturated heterocycles. The van der Waals surface area contributed by atoms with Gasteiger partial charge in [-0.05, 0) is 34.5 Å². The molecule has 0 aliphatic rings. The van der Waals surface area contributed by atoms with Crippen LogP contribution in [-0.4, -0.2) is 22.4 Å². The number of hydrogen-bond acceptors (Lipinski definition) is 4. The molecule has 2 aromatic rings. The lowest BCUT2D eigenvalue weighted by Gasteiger charge is -2.11. The van der Waals surface area contributed by atoms with Crippen molar-refractivity contribution in [3.63, 3.8) is 0 Å². The molecule has 0 amide bonds.